The first-order chi connectivity index (χ1) is 5.73. The molecule has 0 aromatic carbocycles. The molecule has 13 heavy (non-hydrogen) atoms. The fourth-order valence-corrected chi connectivity index (χ4v) is 3.46. The third kappa shape index (κ3) is 2.62. The van der Waals surface area contributed by atoms with E-state index in [0.29, 0.717) is 13.1 Å². The van der Waals surface area contributed by atoms with Crippen molar-refractivity contribution in [2.24, 2.45) is 11.1 Å². The van der Waals surface area contributed by atoms with Crippen LogP contribution in [0.3, 0.4) is 0 Å². The normalized spacial score (nSPS) is 22.3. The Morgan fingerprint density at radius 3 is 2.31 bits per heavy atom. The predicted octanol–water partition coefficient (Wildman–Crippen LogP) is -0.0559. The summed E-state index contributed by atoms with van der Waals surface area (Å²) in [7, 11) is -3.23. The van der Waals surface area contributed by atoms with Crippen molar-refractivity contribution in [2.45, 2.75) is 13.8 Å². The van der Waals surface area contributed by atoms with Gasteiger partial charge in [0.15, 0.2) is 0 Å². The van der Waals surface area contributed by atoms with Crippen molar-refractivity contribution in [2.75, 3.05) is 18.8 Å². The van der Waals surface area contributed by atoms with Gasteiger partial charge in [0, 0.05) is 13.1 Å². The van der Waals surface area contributed by atoms with Gasteiger partial charge in [-0.1, -0.05) is 26.1 Å². The van der Waals surface area contributed by atoms with Gasteiger partial charge < -0.3 is 5.73 Å². The Morgan fingerprint density at radius 1 is 1.54 bits per heavy atom. The highest BCUT2D eigenvalue weighted by Crippen LogP contribution is 2.30. The molecule has 0 unspecified atom stereocenters. The molecule has 1 aliphatic heterocycles. The van der Waals surface area contributed by atoms with Crippen LogP contribution in [0, 0.1) is 5.41 Å². The van der Waals surface area contributed by atoms with Crippen LogP contribution in [0.5, 0.6) is 0 Å². The van der Waals surface area contributed by atoms with Crippen molar-refractivity contribution in [1.29, 1.82) is 0 Å². The van der Waals surface area contributed by atoms with E-state index in [0.717, 1.165) is 0 Å². The minimum Gasteiger partial charge on any atom is -0.392 e. The SMILES string of the molecule is CC1(C)CN(S(=O)(=O)CC(N)=S)C1. The van der Waals surface area contributed by atoms with Crippen molar-refractivity contribution < 1.29 is 8.42 Å². The molecular formula is C7H14N2O2S2. The van der Waals surface area contributed by atoms with Crippen molar-refractivity contribution in [3.8, 4) is 0 Å². The largest absolute Gasteiger partial charge is 0.392 e. The van der Waals surface area contributed by atoms with Gasteiger partial charge in [0.05, 0.1) is 4.99 Å². The Kier molecular flexibility index (Phi) is 2.66. The lowest BCUT2D eigenvalue weighted by molar-refractivity contribution is 0.112. The molecule has 0 radical (unpaired) electrons. The summed E-state index contributed by atoms with van der Waals surface area (Å²) in [4.78, 5) is 0.0321. The average Bonchev–Trinajstić information content (AvgIpc) is 1.79. The highest BCUT2D eigenvalue weighted by Gasteiger charge is 2.41. The van der Waals surface area contributed by atoms with E-state index in [9.17, 15) is 8.42 Å². The second kappa shape index (κ2) is 3.18. The maximum atomic E-state index is 11.5. The van der Waals surface area contributed by atoms with Crippen molar-refractivity contribution >= 4 is 27.2 Å². The zero-order chi connectivity index (χ0) is 10.3. The number of thiocarbonyl (C=S) groups is 1. The molecule has 1 rings (SSSR count). The fraction of sp³-hybridized carbons (Fsp3) is 0.857. The molecule has 1 heterocycles. The van der Waals surface area contributed by atoms with Crippen LogP contribution in [-0.2, 0) is 10.0 Å². The number of hydrogen-bond donors (Lipinski definition) is 1. The quantitative estimate of drug-likeness (QED) is 0.680. The van der Waals surface area contributed by atoms with Crippen LogP contribution >= 0.6 is 12.2 Å². The van der Waals surface area contributed by atoms with Gasteiger partial charge in [0.25, 0.3) is 0 Å². The van der Waals surface area contributed by atoms with Crippen LogP contribution < -0.4 is 5.73 Å². The summed E-state index contributed by atoms with van der Waals surface area (Å²) in [6.07, 6.45) is 0. The summed E-state index contributed by atoms with van der Waals surface area (Å²) in [5.74, 6) is -0.210. The lowest BCUT2D eigenvalue weighted by atomic mass is 9.87. The van der Waals surface area contributed by atoms with Gasteiger partial charge >= 0.3 is 0 Å². The van der Waals surface area contributed by atoms with Gasteiger partial charge in [-0.25, -0.2) is 12.7 Å². The Hall–Kier alpha value is -0.200. The topological polar surface area (TPSA) is 63.4 Å². The Labute approximate surface area is 84.1 Å². The van der Waals surface area contributed by atoms with E-state index in [-0.39, 0.29) is 16.2 Å². The highest BCUT2D eigenvalue weighted by molar-refractivity contribution is 7.92. The maximum Gasteiger partial charge on any atom is 0.220 e. The Morgan fingerprint density at radius 2 is 2.00 bits per heavy atom. The van der Waals surface area contributed by atoms with E-state index in [1.54, 1.807) is 0 Å². The van der Waals surface area contributed by atoms with Crippen molar-refractivity contribution in [3.05, 3.63) is 0 Å². The Balaban J connectivity index is 2.60. The van der Waals surface area contributed by atoms with Gasteiger partial charge in [-0.05, 0) is 5.41 Å². The summed E-state index contributed by atoms with van der Waals surface area (Å²) in [6.45, 7) is 5.19. The first-order valence-corrected chi connectivity index (χ1v) is 6.01. The Bertz CT molecular complexity index is 313. The molecule has 1 saturated heterocycles. The molecule has 0 spiro atoms. The number of nitrogens with two attached hydrogens (primary N) is 1. The lowest BCUT2D eigenvalue weighted by Gasteiger charge is -2.44. The summed E-state index contributed by atoms with van der Waals surface area (Å²) < 4.78 is 24.4. The number of rotatable bonds is 3. The number of sulfonamides is 1. The molecule has 0 atom stereocenters. The third-order valence-electron chi connectivity index (χ3n) is 1.93. The number of hydrogen-bond acceptors (Lipinski definition) is 3. The van der Waals surface area contributed by atoms with E-state index in [1.165, 1.54) is 4.31 Å². The second-order valence-corrected chi connectivity index (χ2v) is 6.65. The first-order valence-electron chi connectivity index (χ1n) is 3.99. The van der Waals surface area contributed by atoms with E-state index in [1.807, 2.05) is 13.8 Å². The third-order valence-corrected chi connectivity index (χ3v) is 3.97. The van der Waals surface area contributed by atoms with E-state index in [4.69, 9.17) is 5.73 Å². The first kappa shape index (κ1) is 10.9. The molecule has 1 fully saturated rings. The summed E-state index contributed by atoms with van der Waals surface area (Å²) in [5, 5.41) is 0. The summed E-state index contributed by atoms with van der Waals surface area (Å²) in [6, 6.07) is 0. The van der Waals surface area contributed by atoms with Crippen LogP contribution in [0.15, 0.2) is 0 Å². The molecule has 1 aliphatic rings. The second-order valence-electron chi connectivity index (χ2n) is 4.15. The molecule has 76 valence electrons. The van der Waals surface area contributed by atoms with Crippen LogP contribution in [0.1, 0.15) is 13.8 Å². The average molecular weight is 222 g/mol. The standard InChI is InChI=1S/C7H14N2O2S2/c1-7(2)4-9(5-7)13(10,11)3-6(8)12/h3-5H2,1-2H3,(H2,8,12). The minimum atomic E-state index is -3.23. The van der Waals surface area contributed by atoms with E-state index in [2.05, 4.69) is 12.2 Å². The molecule has 0 aromatic rings. The molecule has 6 heteroatoms. The molecule has 2 N–H and O–H groups in total. The molecule has 0 aliphatic carbocycles. The summed E-state index contributed by atoms with van der Waals surface area (Å²) >= 11 is 4.56. The van der Waals surface area contributed by atoms with Gasteiger partial charge in [0.1, 0.15) is 5.75 Å². The van der Waals surface area contributed by atoms with Gasteiger partial charge in [-0.2, -0.15) is 0 Å². The lowest BCUT2D eigenvalue weighted by Crippen LogP contribution is -2.56. The van der Waals surface area contributed by atoms with Crippen molar-refractivity contribution in [1.82, 2.24) is 4.31 Å². The molecular weight excluding hydrogens is 208 g/mol. The zero-order valence-electron chi connectivity index (χ0n) is 7.78. The van der Waals surface area contributed by atoms with E-state index >= 15 is 0 Å². The predicted molar refractivity (Wildman–Crippen MR) is 55.9 cm³/mol. The minimum absolute atomic E-state index is 0.0321. The van der Waals surface area contributed by atoms with Gasteiger partial charge in [-0.15, -0.1) is 0 Å². The molecule has 4 nitrogen and oxygen atoms in total. The zero-order valence-corrected chi connectivity index (χ0v) is 9.41. The van der Waals surface area contributed by atoms with Crippen LogP contribution in [0.25, 0.3) is 0 Å². The fourth-order valence-electron chi connectivity index (χ4n) is 1.38. The van der Waals surface area contributed by atoms with Gasteiger partial charge in [0.2, 0.25) is 10.0 Å². The molecule has 0 amide bonds. The highest BCUT2D eigenvalue weighted by atomic mass is 32.2. The monoisotopic (exact) mass is 222 g/mol. The summed E-state index contributed by atoms with van der Waals surface area (Å²) in [5.41, 5.74) is 5.29. The molecule has 0 saturated carbocycles. The van der Waals surface area contributed by atoms with Crippen LogP contribution in [0.4, 0.5) is 0 Å². The molecule has 0 bridgehead atoms. The van der Waals surface area contributed by atoms with E-state index < -0.39 is 10.0 Å². The van der Waals surface area contributed by atoms with Gasteiger partial charge in [-0.3, -0.25) is 0 Å². The maximum absolute atomic E-state index is 11.5. The number of nitrogens with zero attached hydrogens (tertiary/aromatic N) is 1. The molecule has 0 aromatic heterocycles. The van der Waals surface area contributed by atoms with Crippen LogP contribution in [0.2, 0.25) is 0 Å². The van der Waals surface area contributed by atoms with Crippen molar-refractivity contribution in [3.63, 3.8) is 0 Å². The van der Waals surface area contributed by atoms with Crippen LogP contribution in [-0.4, -0.2) is 36.6 Å². The smallest absolute Gasteiger partial charge is 0.220 e.